The molecule has 0 saturated carbocycles. The minimum atomic E-state index is -0.312. The monoisotopic (exact) mass is 306 g/mol. The molecule has 0 amide bonds. The van der Waals surface area contributed by atoms with Gasteiger partial charge < -0.3 is 10.1 Å². The summed E-state index contributed by atoms with van der Waals surface area (Å²) in [5.74, 6) is 1.09. The van der Waals surface area contributed by atoms with Crippen LogP contribution in [0.5, 0.6) is 5.75 Å². The summed E-state index contributed by atoms with van der Waals surface area (Å²) < 4.78 is 5.26. The predicted octanol–water partition coefficient (Wildman–Crippen LogP) is 4.52. The molecule has 0 bridgehead atoms. The number of para-hydroxylation sites is 1. The highest BCUT2D eigenvalue weighted by atomic mass is 16.5. The van der Waals surface area contributed by atoms with Crippen molar-refractivity contribution in [2.24, 2.45) is 0 Å². The molecule has 0 spiro atoms. The van der Waals surface area contributed by atoms with Crippen molar-refractivity contribution in [3.05, 3.63) is 59.7 Å². The number of hydrogen-bond donors (Lipinski definition) is 1. The molecule has 3 rings (SSSR count). The summed E-state index contributed by atoms with van der Waals surface area (Å²) in [7, 11) is 0. The van der Waals surface area contributed by atoms with Crippen LogP contribution < -0.4 is 10.1 Å². The third-order valence-electron chi connectivity index (χ3n) is 3.58. The number of benzene rings is 2. The van der Waals surface area contributed by atoms with Crippen LogP contribution in [0.4, 0.5) is 11.5 Å². The quantitative estimate of drug-likeness (QED) is 0.571. The molecule has 4 nitrogen and oxygen atoms in total. The molecule has 1 N–H and O–H groups in total. The van der Waals surface area contributed by atoms with E-state index in [9.17, 15) is 4.79 Å². The zero-order valence-corrected chi connectivity index (χ0v) is 13.4. The van der Waals surface area contributed by atoms with E-state index in [0.717, 1.165) is 33.5 Å². The van der Waals surface area contributed by atoms with Gasteiger partial charge in [0.1, 0.15) is 11.6 Å². The first-order valence-corrected chi connectivity index (χ1v) is 7.45. The molecule has 0 unspecified atom stereocenters. The highest BCUT2D eigenvalue weighted by molar-refractivity contribution is 5.81. The van der Waals surface area contributed by atoms with Gasteiger partial charge in [-0.1, -0.05) is 18.2 Å². The third kappa shape index (κ3) is 3.31. The molecule has 0 fully saturated rings. The second kappa shape index (κ2) is 6.08. The van der Waals surface area contributed by atoms with Gasteiger partial charge in [-0.2, -0.15) is 0 Å². The van der Waals surface area contributed by atoms with E-state index in [1.54, 1.807) is 0 Å². The Morgan fingerprint density at radius 1 is 1.04 bits per heavy atom. The number of rotatable bonds is 3. The molecule has 2 aromatic carbocycles. The van der Waals surface area contributed by atoms with E-state index in [2.05, 4.69) is 10.3 Å². The number of nitrogens with one attached hydrogen (secondary N) is 1. The van der Waals surface area contributed by atoms with E-state index in [4.69, 9.17) is 4.74 Å². The van der Waals surface area contributed by atoms with Gasteiger partial charge in [0.2, 0.25) is 0 Å². The number of ether oxygens (including phenoxy) is 1. The van der Waals surface area contributed by atoms with Gasteiger partial charge in [-0.25, -0.2) is 4.98 Å². The molecular weight excluding hydrogens is 288 g/mol. The maximum absolute atomic E-state index is 11.2. The number of pyridine rings is 1. The molecule has 0 saturated heterocycles. The van der Waals surface area contributed by atoms with Gasteiger partial charge in [0.05, 0.1) is 5.52 Å². The van der Waals surface area contributed by atoms with Crippen molar-refractivity contribution < 1.29 is 9.53 Å². The second-order valence-electron chi connectivity index (χ2n) is 5.55. The van der Waals surface area contributed by atoms with Crippen LogP contribution in [0, 0.1) is 13.8 Å². The van der Waals surface area contributed by atoms with Crippen LogP contribution in [0.15, 0.2) is 48.5 Å². The second-order valence-corrected chi connectivity index (χ2v) is 5.55. The van der Waals surface area contributed by atoms with Gasteiger partial charge in [0, 0.05) is 18.0 Å². The van der Waals surface area contributed by atoms with Crippen molar-refractivity contribution in [1.29, 1.82) is 0 Å². The minimum absolute atomic E-state index is 0.312. The smallest absolute Gasteiger partial charge is 0.308 e. The number of aromatic nitrogens is 1. The zero-order valence-electron chi connectivity index (χ0n) is 13.4. The number of aryl methyl sites for hydroxylation is 2. The molecule has 23 heavy (non-hydrogen) atoms. The Bertz CT molecular complexity index is 864. The summed E-state index contributed by atoms with van der Waals surface area (Å²) in [5, 5.41) is 4.41. The van der Waals surface area contributed by atoms with E-state index < -0.39 is 0 Å². The SMILES string of the molecule is CC(=O)Oc1c(C)cc(Nc2ccc3ccccc3n2)cc1C. The Labute approximate surface area is 135 Å². The summed E-state index contributed by atoms with van der Waals surface area (Å²) in [4.78, 5) is 15.8. The summed E-state index contributed by atoms with van der Waals surface area (Å²) in [5.41, 5.74) is 3.67. The molecule has 0 aliphatic carbocycles. The predicted molar refractivity (Wildman–Crippen MR) is 92.3 cm³/mol. The fraction of sp³-hybridized carbons (Fsp3) is 0.158. The Hall–Kier alpha value is -2.88. The maximum atomic E-state index is 11.2. The molecular formula is C19H18N2O2. The number of carbonyl (C=O) groups excluding carboxylic acids is 1. The van der Waals surface area contributed by atoms with Crippen LogP contribution in [0.25, 0.3) is 10.9 Å². The molecule has 1 aromatic heterocycles. The number of anilines is 2. The maximum Gasteiger partial charge on any atom is 0.308 e. The molecule has 0 atom stereocenters. The lowest BCUT2D eigenvalue weighted by Gasteiger charge is -2.13. The molecule has 116 valence electrons. The van der Waals surface area contributed by atoms with E-state index in [1.807, 2.05) is 62.4 Å². The molecule has 3 aromatic rings. The van der Waals surface area contributed by atoms with Crippen molar-refractivity contribution in [2.75, 3.05) is 5.32 Å². The highest BCUT2D eigenvalue weighted by Gasteiger charge is 2.09. The van der Waals surface area contributed by atoms with Crippen LogP contribution in [-0.4, -0.2) is 11.0 Å². The number of fused-ring (bicyclic) bond motifs is 1. The third-order valence-corrected chi connectivity index (χ3v) is 3.58. The first kappa shape index (κ1) is 15.0. The van der Waals surface area contributed by atoms with Gasteiger partial charge in [0.25, 0.3) is 0 Å². The highest BCUT2D eigenvalue weighted by Crippen LogP contribution is 2.29. The summed E-state index contributed by atoms with van der Waals surface area (Å²) in [6, 6.07) is 15.9. The van der Waals surface area contributed by atoms with Crippen LogP contribution in [0.1, 0.15) is 18.1 Å². The summed E-state index contributed by atoms with van der Waals surface area (Å²) in [6.45, 7) is 5.25. The molecule has 0 radical (unpaired) electrons. The van der Waals surface area contributed by atoms with E-state index in [-0.39, 0.29) is 5.97 Å². The Morgan fingerprint density at radius 2 is 1.74 bits per heavy atom. The van der Waals surface area contributed by atoms with Gasteiger partial charge in [0.15, 0.2) is 0 Å². The van der Waals surface area contributed by atoms with Crippen LogP contribution >= 0.6 is 0 Å². The van der Waals surface area contributed by atoms with Gasteiger partial charge in [-0.3, -0.25) is 4.79 Å². The van der Waals surface area contributed by atoms with Crippen LogP contribution in [0.2, 0.25) is 0 Å². The fourth-order valence-electron chi connectivity index (χ4n) is 2.61. The average Bonchev–Trinajstić information content (AvgIpc) is 2.51. The average molecular weight is 306 g/mol. The Balaban J connectivity index is 1.91. The summed E-state index contributed by atoms with van der Waals surface area (Å²) in [6.07, 6.45) is 0. The standard InChI is InChI=1S/C19H18N2O2/c1-12-10-16(11-13(2)19(12)23-14(3)22)20-18-9-8-15-6-4-5-7-17(15)21-18/h4-11H,1-3H3,(H,20,21). The van der Waals surface area contributed by atoms with E-state index >= 15 is 0 Å². The van der Waals surface area contributed by atoms with Crippen molar-refractivity contribution in [3.63, 3.8) is 0 Å². The lowest BCUT2D eigenvalue weighted by Crippen LogP contribution is -2.05. The zero-order chi connectivity index (χ0) is 16.4. The molecule has 0 aliphatic heterocycles. The minimum Gasteiger partial charge on any atom is -0.426 e. The fourth-order valence-corrected chi connectivity index (χ4v) is 2.61. The van der Waals surface area contributed by atoms with Crippen molar-refractivity contribution >= 4 is 28.4 Å². The lowest BCUT2D eigenvalue weighted by atomic mass is 10.1. The molecule has 0 aliphatic rings. The van der Waals surface area contributed by atoms with Crippen molar-refractivity contribution in [2.45, 2.75) is 20.8 Å². The normalized spacial score (nSPS) is 10.6. The van der Waals surface area contributed by atoms with Crippen LogP contribution in [0.3, 0.4) is 0 Å². The van der Waals surface area contributed by atoms with Crippen molar-refractivity contribution in [3.8, 4) is 5.75 Å². The van der Waals surface area contributed by atoms with Crippen molar-refractivity contribution in [1.82, 2.24) is 4.98 Å². The molecule has 1 heterocycles. The first-order chi connectivity index (χ1) is 11.0. The first-order valence-electron chi connectivity index (χ1n) is 7.45. The number of esters is 1. The lowest BCUT2D eigenvalue weighted by molar-refractivity contribution is -0.131. The largest absolute Gasteiger partial charge is 0.426 e. The number of nitrogens with zero attached hydrogens (tertiary/aromatic N) is 1. The van der Waals surface area contributed by atoms with E-state index in [0.29, 0.717) is 5.75 Å². The topological polar surface area (TPSA) is 51.2 Å². The van der Waals surface area contributed by atoms with Gasteiger partial charge >= 0.3 is 5.97 Å². The van der Waals surface area contributed by atoms with E-state index in [1.165, 1.54) is 6.92 Å². The van der Waals surface area contributed by atoms with Gasteiger partial charge in [-0.05, 0) is 55.3 Å². The molecule has 4 heteroatoms. The number of hydrogen-bond acceptors (Lipinski definition) is 4. The number of carbonyl (C=O) groups is 1. The van der Waals surface area contributed by atoms with Gasteiger partial charge in [-0.15, -0.1) is 0 Å². The van der Waals surface area contributed by atoms with Crippen LogP contribution in [-0.2, 0) is 4.79 Å². The Morgan fingerprint density at radius 3 is 2.43 bits per heavy atom. The Kier molecular flexibility index (Phi) is 3.98. The summed E-state index contributed by atoms with van der Waals surface area (Å²) >= 11 is 0.